The summed E-state index contributed by atoms with van der Waals surface area (Å²) in [5.41, 5.74) is 1.23. The molecule has 0 unspecified atom stereocenters. The van der Waals surface area contributed by atoms with Crippen molar-refractivity contribution in [3.8, 4) is 0 Å². The molecule has 3 amide bonds. The van der Waals surface area contributed by atoms with Crippen LogP contribution in [0.25, 0.3) is 0 Å². The zero-order valence-electron chi connectivity index (χ0n) is 15.2. The third-order valence-corrected chi connectivity index (χ3v) is 4.94. The van der Waals surface area contributed by atoms with Crippen molar-refractivity contribution in [3.05, 3.63) is 29.9 Å². The van der Waals surface area contributed by atoms with Crippen LogP contribution in [0.1, 0.15) is 46.6 Å². The van der Waals surface area contributed by atoms with Gasteiger partial charge in [0.15, 0.2) is 5.82 Å². The summed E-state index contributed by atoms with van der Waals surface area (Å²) in [6, 6.07) is 0. The minimum atomic E-state index is -0.284. The van der Waals surface area contributed by atoms with Crippen LogP contribution in [0.15, 0.2) is 12.7 Å². The summed E-state index contributed by atoms with van der Waals surface area (Å²) >= 11 is 0. The second-order valence-electron chi connectivity index (χ2n) is 6.64. The number of piperazine rings is 1. The highest BCUT2D eigenvalue weighted by molar-refractivity contribution is 5.97. The quantitative estimate of drug-likeness (QED) is 0.790. The number of nitrogens with zero attached hydrogens (tertiary/aromatic N) is 4. The van der Waals surface area contributed by atoms with Crippen molar-refractivity contribution < 1.29 is 14.4 Å². The van der Waals surface area contributed by atoms with E-state index < -0.39 is 0 Å². The lowest BCUT2D eigenvalue weighted by molar-refractivity contribution is -0.130. The smallest absolute Gasteiger partial charge is 0.287 e. The fourth-order valence-electron chi connectivity index (χ4n) is 3.51. The first-order valence-corrected chi connectivity index (χ1v) is 9.06. The van der Waals surface area contributed by atoms with Crippen LogP contribution in [0.2, 0.25) is 0 Å². The third-order valence-electron chi connectivity index (χ3n) is 4.94. The molecule has 2 aliphatic heterocycles. The van der Waals surface area contributed by atoms with Crippen LogP contribution in [-0.4, -0.2) is 69.8 Å². The molecule has 0 bridgehead atoms. The number of fused-ring (bicyclic) bond motifs is 1. The highest BCUT2D eigenvalue weighted by Crippen LogP contribution is 2.23. The van der Waals surface area contributed by atoms with Crippen LogP contribution in [0.4, 0.5) is 0 Å². The van der Waals surface area contributed by atoms with E-state index in [1.54, 1.807) is 15.9 Å². The second kappa shape index (κ2) is 7.72. The fourth-order valence-corrected chi connectivity index (χ4v) is 3.51. The topological polar surface area (TPSA) is 87.5 Å². The molecule has 1 aromatic rings. The van der Waals surface area contributed by atoms with Crippen LogP contribution < -0.4 is 5.32 Å². The van der Waals surface area contributed by atoms with Gasteiger partial charge in [-0.05, 0) is 19.3 Å². The average Bonchev–Trinajstić information content (AvgIpc) is 3.05. The van der Waals surface area contributed by atoms with Gasteiger partial charge in [-0.15, -0.1) is 6.58 Å². The highest BCUT2D eigenvalue weighted by atomic mass is 16.2. The van der Waals surface area contributed by atoms with Gasteiger partial charge < -0.3 is 19.7 Å². The summed E-state index contributed by atoms with van der Waals surface area (Å²) in [6.45, 7) is 8.23. The molecule has 0 aliphatic carbocycles. The number of hydrogen-bond donors (Lipinski definition) is 1. The SMILES string of the molecule is C=CCNC(=O)c1nc(C(=O)N2CCN(C(C)=O)CC2)c2n1CCCC2. The maximum atomic E-state index is 13.0. The molecule has 26 heavy (non-hydrogen) atoms. The van der Waals surface area contributed by atoms with Crippen molar-refractivity contribution >= 4 is 17.7 Å². The van der Waals surface area contributed by atoms with E-state index in [4.69, 9.17) is 0 Å². The number of rotatable bonds is 4. The van der Waals surface area contributed by atoms with Gasteiger partial charge in [0.2, 0.25) is 5.91 Å². The molecule has 3 rings (SSSR count). The van der Waals surface area contributed by atoms with Crippen molar-refractivity contribution in [2.45, 2.75) is 32.7 Å². The predicted octanol–water partition coefficient (Wildman–Crippen LogP) is 0.440. The molecule has 1 N–H and O–H groups in total. The Morgan fingerprint density at radius 1 is 1.12 bits per heavy atom. The van der Waals surface area contributed by atoms with Gasteiger partial charge in [-0.2, -0.15) is 0 Å². The van der Waals surface area contributed by atoms with Crippen LogP contribution >= 0.6 is 0 Å². The van der Waals surface area contributed by atoms with Gasteiger partial charge in [0, 0.05) is 46.2 Å². The molecule has 1 saturated heterocycles. The summed E-state index contributed by atoms with van der Waals surface area (Å²) in [5.74, 6) is -0.111. The van der Waals surface area contributed by atoms with Gasteiger partial charge in [-0.3, -0.25) is 14.4 Å². The zero-order valence-corrected chi connectivity index (χ0v) is 15.2. The first-order chi connectivity index (χ1) is 12.5. The summed E-state index contributed by atoms with van der Waals surface area (Å²) in [5, 5.41) is 2.74. The normalized spacial score (nSPS) is 16.8. The lowest BCUT2D eigenvalue weighted by atomic mass is 10.1. The van der Waals surface area contributed by atoms with E-state index >= 15 is 0 Å². The van der Waals surface area contributed by atoms with Crippen molar-refractivity contribution in [3.63, 3.8) is 0 Å². The maximum absolute atomic E-state index is 13.0. The molecular formula is C18H25N5O3. The molecule has 0 saturated carbocycles. The Balaban J connectivity index is 1.82. The van der Waals surface area contributed by atoms with Crippen LogP contribution in [0, 0.1) is 0 Å². The standard InChI is InChI=1S/C18H25N5O3/c1-3-7-19-17(25)16-20-15(14-6-4-5-8-23(14)16)18(26)22-11-9-21(10-12-22)13(2)24/h3H,1,4-12H2,2H3,(H,19,25). The summed E-state index contributed by atoms with van der Waals surface area (Å²) in [6.07, 6.45) is 4.31. The Hall–Kier alpha value is -2.64. The molecule has 1 fully saturated rings. The van der Waals surface area contributed by atoms with Gasteiger partial charge in [-0.1, -0.05) is 6.08 Å². The number of aromatic nitrogens is 2. The summed E-state index contributed by atoms with van der Waals surface area (Å²) in [7, 11) is 0. The largest absolute Gasteiger partial charge is 0.346 e. The molecular weight excluding hydrogens is 334 g/mol. The van der Waals surface area contributed by atoms with E-state index in [9.17, 15) is 14.4 Å². The number of hydrogen-bond acceptors (Lipinski definition) is 4. The molecule has 8 nitrogen and oxygen atoms in total. The van der Waals surface area contributed by atoms with Crippen LogP contribution in [-0.2, 0) is 17.8 Å². The third kappa shape index (κ3) is 3.49. The van der Waals surface area contributed by atoms with Gasteiger partial charge >= 0.3 is 0 Å². The van der Waals surface area contributed by atoms with E-state index in [1.165, 1.54) is 6.92 Å². The Morgan fingerprint density at radius 3 is 2.46 bits per heavy atom. The number of imidazole rings is 1. The monoisotopic (exact) mass is 359 g/mol. The van der Waals surface area contributed by atoms with E-state index in [0.29, 0.717) is 50.8 Å². The van der Waals surface area contributed by atoms with Gasteiger partial charge in [0.25, 0.3) is 11.8 Å². The van der Waals surface area contributed by atoms with Crippen LogP contribution in [0.3, 0.4) is 0 Å². The first kappa shape index (κ1) is 18.2. The second-order valence-corrected chi connectivity index (χ2v) is 6.64. The van der Waals surface area contributed by atoms with Crippen molar-refractivity contribution in [1.82, 2.24) is 24.7 Å². The highest BCUT2D eigenvalue weighted by Gasteiger charge is 2.31. The molecule has 2 aliphatic rings. The van der Waals surface area contributed by atoms with Gasteiger partial charge in [0.1, 0.15) is 5.69 Å². The Bertz CT molecular complexity index is 731. The van der Waals surface area contributed by atoms with Crippen molar-refractivity contribution in [1.29, 1.82) is 0 Å². The first-order valence-electron chi connectivity index (χ1n) is 9.06. The lowest BCUT2D eigenvalue weighted by Crippen LogP contribution is -2.50. The molecule has 140 valence electrons. The fraction of sp³-hybridized carbons (Fsp3) is 0.556. The van der Waals surface area contributed by atoms with E-state index in [1.807, 2.05) is 4.57 Å². The molecule has 0 atom stereocenters. The summed E-state index contributed by atoms with van der Waals surface area (Å²) in [4.78, 5) is 44.7. The molecule has 0 aromatic carbocycles. The van der Waals surface area contributed by atoms with E-state index in [0.717, 1.165) is 25.0 Å². The summed E-state index contributed by atoms with van der Waals surface area (Å²) < 4.78 is 1.88. The van der Waals surface area contributed by atoms with E-state index in [2.05, 4.69) is 16.9 Å². The Kier molecular flexibility index (Phi) is 5.39. The molecule has 0 spiro atoms. The zero-order chi connectivity index (χ0) is 18.7. The molecule has 0 radical (unpaired) electrons. The maximum Gasteiger partial charge on any atom is 0.287 e. The number of carbonyl (C=O) groups excluding carboxylic acids is 3. The van der Waals surface area contributed by atoms with Crippen molar-refractivity contribution in [2.24, 2.45) is 0 Å². The number of amides is 3. The Morgan fingerprint density at radius 2 is 1.81 bits per heavy atom. The lowest BCUT2D eigenvalue weighted by Gasteiger charge is -2.34. The molecule has 1 aromatic heterocycles. The van der Waals surface area contributed by atoms with Gasteiger partial charge in [-0.25, -0.2) is 4.98 Å². The minimum Gasteiger partial charge on any atom is -0.346 e. The number of nitrogens with one attached hydrogen (secondary N) is 1. The average molecular weight is 359 g/mol. The van der Waals surface area contributed by atoms with Crippen molar-refractivity contribution in [2.75, 3.05) is 32.7 Å². The van der Waals surface area contributed by atoms with Crippen LogP contribution in [0.5, 0.6) is 0 Å². The van der Waals surface area contributed by atoms with E-state index in [-0.39, 0.29) is 17.7 Å². The minimum absolute atomic E-state index is 0.0256. The molecule has 8 heteroatoms. The molecule has 3 heterocycles. The Labute approximate surface area is 152 Å². The van der Waals surface area contributed by atoms with Gasteiger partial charge in [0.05, 0.1) is 5.69 Å². The predicted molar refractivity (Wildman–Crippen MR) is 95.9 cm³/mol. The number of carbonyl (C=O) groups is 3.